The number of hydrogen-bond donors (Lipinski definition) is 1. The van der Waals surface area contributed by atoms with Crippen LogP contribution in [0.2, 0.25) is 0 Å². The first-order valence-corrected chi connectivity index (χ1v) is 6.88. The lowest BCUT2D eigenvalue weighted by atomic mass is 9.90. The van der Waals surface area contributed by atoms with Gasteiger partial charge in [-0.3, -0.25) is 14.4 Å². The number of carboxylic acids is 1. The van der Waals surface area contributed by atoms with Gasteiger partial charge in [0.1, 0.15) is 6.54 Å². The van der Waals surface area contributed by atoms with Gasteiger partial charge in [0, 0.05) is 26.1 Å². The highest BCUT2D eigenvalue weighted by Gasteiger charge is 2.46. The average molecular weight is 322 g/mol. The molecular formula is C13H17F3N2O4. The third-order valence-corrected chi connectivity index (χ3v) is 4.24. The number of carboxylic acid groups (broad SMARTS) is 1. The SMILES string of the molecule is C[C@@]1(C(=O)O)CCN(C(=O)[C@H]2CC(=O)N(CC(F)(F)F)C2)C1. The summed E-state index contributed by atoms with van der Waals surface area (Å²) < 4.78 is 37.0. The lowest BCUT2D eigenvalue weighted by molar-refractivity contribution is -0.157. The Bertz CT molecular complexity index is 508. The first-order chi connectivity index (χ1) is 10.0. The van der Waals surface area contributed by atoms with Gasteiger partial charge in [0.05, 0.1) is 11.3 Å². The summed E-state index contributed by atoms with van der Waals surface area (Å²) in [5, 5.41) is 9.12. The molecular weight excluding hydrogens is 305 g/mol. The van der Waals surface area contributed by atoms with Crippen molar-refractivity contribution in [2.75, 3.05) is 26.2 Å². The van der Waals surface area contributed by atoms with E-state index in [9.17, 15) is 27.6 Å². The van der Waals surface area contributed by atoms with Crippen LogP contribution < -0.4 is 0 Å². The Kier molecular flexibility index (Phi) is 4.09. The minimum Gasteiger partial charge on any atom is -0.481 e. The van der Waals surface area contributed by atoms with E-state index in [1.54, 1.807) is 0 Å². The first kappa shape index (κ1) is 16.6. The van der Waals surface area contributed by atoms with Crippen LogP contribution in [0, 0.1) is 11.3 Å². The normalized spacial score (nSPS) is 29.3. The van der Waals surface area contributed by atoms with E-state index in [1.807, 2.05) is 0 Å². The molecule has 0 bridgehead atoms. The second kappa shape index (κ2) is 5.44. The molecule has 2 saturated heterocycles. The highest BCUT2D eigenvalue weighted by atomic mass is 19.4. The molecule has 0 aliphatic carbocycles. The van der Waals surface area contributed by atoms with Crippen LogP contribution in [0.1, 0.15) is 19.8 Å². The predicted octanol–water partition coefficient (Wildman–Crippen LogP) is 0.720. The highest BCUT2D eigenvalue weighted by Crippen LogP contribution is 2.32. The van der Waals surface area contributed by atoms with Crippen LogP contribution in [0.5, 0.6) is 0 Å². The van der Waals surface area contributed by atoms with Crippen LogP contribution in [0.15, 0.2) is 0 Å². The molecule has 2 rings (SSSR count). The van der Waals surface area contributed by atoms with E-state index in [0.29, 0.717) is 11.3 Å². The number of carbonyl (C=O) groups is 3. The summed E-state index contributed by atoms with van der Waals surface area (Å²) in [6, 6.07) is 0. The topological polar surface area (TPSA) is 77.9 Å². The summed E-state index contributed by atoms with van der Waals surface area (Å²) in [4.78, 5) is 37.0. The van der Waals surface area contributed by atoms with Gasteiger partial charge in [-0.1, -0.05) is 0 Å². The molecule has 0 aromatic rings. The molecule has 0 aromatic heterocycles. The van der Waals surface area contributed by atoms with Gasteiger partial charge in [-0.15, -0.1) is 0 Å². The van der Waals surface area contributed by atoms with Crippen molar-refractivity contribution in [3.63, 3.8) is 0 Å². The minimum absolute atomic E-state index is 0.0190. The van der Waals surface area contributed by atoms with Crippen LogP contribution in [-0.4, -0.2) is 65.0 Å². The summed E-state index contributed by atoms with van der Waals surface area (Å²) >= 11 is 0. The minimum atomic E-state index is -4.50. The number of nitrogens with zero attached hydrogens (tertiary/aromatic N) is 2. The van der Waals surface area contributed by atoms with Gasteiger partial charge in [0.15, 0.2) is 0 Å². The standard InChI is InChI=1S/C13H17F3N2O4/c1-12(11(21)22)2-3-17(6-12)10(20)8-4-9(19)18(5-8)7-13(14,15)16/h8H,2-7H2,1H3,(H,21,22)/t8-,12+/m0/s1. The molecule has 124 valence electrons. The Morgan fingerprint density at radius 1 is 1.41 bits per heavy atom. The lowest BCUT2D eigenvalue weighted by Crippen LogP contribution is -2.40. The van der Waals surface area contributed by atoms with Gasteiger partial charge in [-0.05, 0) is 13.3 Å². The Labute approximate surface area is 124 Å². The van der Waals surface area contributed by atoms with Gasteiger partial charge in [-0.2, -0.15) is 13.2 Å². The van der Waals surface area contributed by atoms with E-state index >= 15 is 0 Å². The van der Waals surface area contributed by atoms with Crippen molar-refractivity contribution in [2.24, 2.45) is 11.3 Å². The summed E-state index contributed by atoms with van der Waals surface area (Å²) in [7, 11) is 0. The molecule has 1 N–H and O–H groups in total. The van der Waals surface area contributed by atoms with E-state index in [4.69, 9.17) is 5.11 Å². The Morgan fingerprint density at radius 2 is 2.05 bits per heavy atom. The first-order valence-electron chi connectivity index (χ1n) is 6.88. The van der Waals surface area contributed by atoms with Crippen LogP contribution >= 0.6 is 0 Å². The molecule has 0 saturated carbocycles. The zero-order valence-corrected chi connectivity index (χ0v) is 12.0. The second-order valence-electron chi connectivity index (χ2n) is 6.17. The Morgan fingerprint density at radius 3 is 2.55 bits per heavy atom. The predicted molar refractivity (Wildman–Crippen MR) is 67.7 cm³/mol. The quantitative estimate of drug-likeness (QED) is 0.830. The number of rotatable bonds is 3. The summed E-state index contributed by atoms with van der Waals surface area (Å²) in [5.41, 5.74) is -1.04. The highest BCUT2D eigenvalue weighted by molar-refractivity contribution is 5.90. The van der Waals surface area contributed by atoms with E-state index in [0.717, 1.165) is 0 Å². The lowest BCUT2D eigenvalue weighted by Gasteiger charge is -2.23. The van der Waals surface area contributed by atoms with Crippen LogP contribution in [0.4, 0.5) is 13.2 Å². The van der Waals surface area contributed by atoms with Crippen LogP contribution in [0.25, 0.3) is 0 Å². The van der Waals surface area contributed by atoms with Crippen molar-refractivity contribution < 1.29 is 32.7 Å². The van der Waals surface area contributed by atoms with Gasteiger partial charge >= 0.3 is 12.1 Å². The molecule has 2 fully saturated rings. The summed E-state index contributed by atoms with van der Waals surface area (Å²) in [6.45, 7) is 0.162. The van der Waals surface area contributed by atoms with E-state index in [-0.39, 0.29) is 26.1 Å². The maximum absolute atomic E-state index is 12.3. The van der Waals surface area contributed by atoms with Gasteiger partial charge < -0.3 is 14.9 Å². The Hall–Kier alpha value is -1.80. The molecule has 2 atom stereocenters. The molecule has 2 heterocycles. The molecule has 0 radical (unpaired) electrons. The molecule has 6 nitrogen and oxygen atoms in total. The number of likely N-dealkylation sites (tertiary alicyclic amines) is 2. The van der Waals surface area contributed by atoms with Crippen molar-refractivity contribution >= 4 is 17.8 Å². The van der Waals surface area contributed by atoms with Crippen LogP contribution in [-0.2, 0) is 14.4 Å². The van der Waals surface area contributed by atoms with E-state index in [1.165, 1.54) is 11.8 Å². The summed E-state index contributed by atoms with van der Waals surface area (Å²) in [6.07, 6.45) is -4.46. The molecule has 22 heavy (non-hydrogen) atoms. The number of hydrogen-bond acceptors (Lipinski definition) is 3. The van der Waals surface area contributed by atoms with E-state index < -0.39 is 41.8 Å². The number of amides is 2. The third-order valence-electron chi connectivity index (χ3n) is 4.24. The van der Waals surface area contributed by atoms with Gasteiger partial charge in [0.25, 0.3) is 0 Å². The molecule has 0 aromatic carbocycles. The zero-order chi connectivity index (χ0) is 16.7. The monoisotopic (exact) mass is 322 g/mol. The fourth-order valence-corrected chi connectivity index (χ4v) is 2.89. The molecule has 2 aliphatic heterocycles. The summed E-state index contributed by atoms with van der Waals surface area (Å²) in [5.74, 6) is -2.98. The smallest absolute Gasteiger partial charge is 0.406 e. The van der Waals surface area contributed by atoms with Crippen molar-refractivity contribution in [2.45, 2.75) is 25.9 Å². The molecule has 2 aliphatic rings. The van der Waals surface area contributed by atoms with Crippen LogP contribution in [0.3, 0.4) is 0 Å². The molecule has 0 spiro atoms. The van der Waals surface area contributed by atoms with Crippen molar-refractivity contribution in [1.29, 1.82) is 0 Å². The average Bonchev–Trinajstić information content (AvgIpc) is 2.93. The number of alkyl halides is 3. The van der Waals surface area contributed by atoms with Crippen molar-refractivity contribution in [3.8, 4) is 0 Å². The fraction of sp³-hybridized carbons (Fsp3) is 0.769. The Balaban J connectivity index is 1.98. The largest absolute Gasteiger partial charge is 0.481 e. The third kappa shape index (κ3) is 3.33. The maximum atomic E-state index is 12.3. The maximum Gasteiger partial charge on any atom is 0.406 e. The van der Waals surface area contributed by atoms with Crippen molar-refractivity contribution in [3.05, 3.63) is 0 Å². The fourth-order valence-electron chi connectivity index (χ4n) is 2.89. The number of carbonyl (C=O) groups excluding carboxylic acids is 2. The van der Waals surface area contributed by atoms with Gasteiger partial charge in [-0.25, -0.2) is 0 Å². The number of aliphatic carboxylic acids is 1. The van der Waals surface area contributed by atoms with E-state index in [2.05, 4.69) is 0 Å². The van der Waals surface area contributed by atoms with Gasteiger partial charge in [0.2, 0.25) is 11.8 Å². The molecule has 2 amide bonds. The second-order valence-corrected chi connectivity index (χ2v) is 6.17. The zero-order valence-electron chi connectivity index (χ0n) is 12.0. The molecule has 9 heteroatoms. The van der Waals surface area contributed by atoms with Crippen molar-refractivity contribution in [1.82, 2.24) is 9.80 Å². The number of halogens is 3. The molecule has 0 unspecified atom stereocenters.